The summed E-state index contributed by atoms with van der Waals surface area (Å²) in [5.74, 6) is -0.147. The van der Waals surface area contributed by atoms with Gasteiger partial charge in [-0.1, -0.05) is 54.2 Å². The number of ether oxygens (including phenoxy) is 1. The maximum absolute atomic E-state index is 13.7. The van der Waals surface area contributed by atoms with Crippen LogP contribution in [0.15, 0.2) is 64.2 Å². The second-order valence-electron chi connectivity index (χ2n) is 6.09. The van der Waals surface area contributed by atoms with Gasteiger partial charge in [-0.3, -0.25) is 4.79 Å². The van der Waals surface area contributed by atoms with Crippen LogP contribution in [0, 0.1) is 5.82 Å². The largest absolute Gasteiger partial charge is 0.478 e. The van der Waals surface area contributed by atoms with Crippen LogP contribution in [-0.4, -0.2) is 21.9 Å². The molecule has 146 valence electrons. The Morgan fingerprint density at radius 3 is 2.61 bits per heavy atom. The lowest BCUT2D eigenvalue weighted by atomic mass is 10.1. The summed E-state index contributed by atoms with van der Waals surface area (Å²) in [5.41, 5.74) is 1.03. The number of carbonyl (C=O) groups is 1. The summed E-state index contributed by atoms with van der Waals surface area (Å²) in [5, 5.41) is 11.0. The molecule has 8 heteroatoms. The topological polar surface area (TPSA) is 77.2 Å². The third-order valence-electron chi connectivity index (χ3n) is 3.91. The Morgan fingerprint density at radius 1 is 1.14 bits per heavy atom. The summed E-state index contributed by atoms with van der Waals surface area (Å²) in [6.07, 6.45) is -0.620. The zero-order valence-corrected chi connectivity index (χ0v) is 16.3. The monoisotopic (exact) mass is 401 g/mol. The Balaban J connectivity index is 1.50. The van der Waals surface area contributed by atoms with E-state index in [1.54, 1.807) is 19.1 Å². The number of aromatic nitrogens is 2. The fraction of sp³-hybridized carbons (Fsp3) is 0.250. The Kier molecular flexibility index (Phi) is 6.65. The zero-order chi connectivity index (χ0) is 19.9. The minimum atomic E-state index is -0.620. The number of hydrogen-bond acceptors (Lipinski definition) is 6. The van der Waals surface area contributed by atoms with Crippen LogP contribution < -0.4 is 10.1 Å². The molecule has 0 aliphatic heterocycles. The van der Waals surface area contributed by atoms with Crippen LogP contribution in [0.1, 0.15) is 37.4 Å². The van der Waals surface area contributed by atoms with E-state index in [0.717, 1.165) is 17.3 Å². The van der Waals surface area contributed by atoms with Gasteiger partial charge in [-0.15, -0.1) is 10.2 Å². The van der Waals surface area contributed by atoms with Crippen molar-refractivity contribution in [3.63, 3.8) is 0 Å². The van der Waals surface area contributed by atoms with Crippen molar-refractivity contribution in [2.45, 2.75) is 31.2 Å². The highest BCUT2D eigenvalue weighted by Crippen LogP contribution is 2.25. The molecule has 0 aliphatic rings. The number of benzene rings is 2. The van der Waals surface area contributed by atoms with Gasteiger partial charge in [0.2, 0.25) is 5.91 Å². The van der Waals surface area contributed by atoms with Crippen LogP contribution in [-0.2, 0) is 4.79 Å². The van der Waals surface area contributed by atoms with E-state index >= 15 is 0 Å². The third kappa shape index (κ3) is 5.32. The summed E-state index contributed by atoms with van der Waals surface area (Å²) in [4.78, 5) is 12.1. The van der Waals surface area contributed by atoms with Crippen LogP contribution in [0.3, 0.4) is 0 Å². The third-order valence-corrected chi connectivity index (χ3v) is 4.73. The van der Waals surface area contributed by atoms with Gasteiger partial charge in [-0.25, -0.2) is 4.39 Å². The molecule has 1 N–H and O–H groups in total. The molecule has 0 spiro atoms. The van der Waals surface area contributed by atoms with E-state index < -0.39 is 11.9 Å². The fourth-order valence-corrected chi connectivity index (χ4v) is 3.04. The zero-order valence-electron chi connectivity index (χ0n) is 15.5. The molecule has 28 heavy (non-hydrogen) atoms. The first-order chi connectivity index (χ1) is 13.5. The molecule has 2 atom stereocenters. The van der Waals surface area contributed by atoms with Gasteiger partial charge in [0, 0.05) is 0 Å². The molecule has 0 radical (unpaired) electrons. The number of para-hydroxylation sites is 1. The lowest BCUT2D eigenvalue weighted by Crippen LogP contribution is -2.28. The van der Waals surface area contributed by atoms with E-state index in [2.05, 4.69) is 15.5 Å². The van der Waals surface area contributed by atoms with E-state index in [0.29, 0.717) is 0 Å². The lowest BCUT2D eigenvalue weighted by Gasteiger charge is -2.13. The van der Waals surface area contributed by atoms with Crippen LogP contribution in [0.4, 0.5) is 4.39 Å². The van der Waals surface area contributed by atoms with Gasteiger partial charge in [0.05, 0.1) is 11.8 Å². The van der Waals surface area contributed by atoms with E-state index in [9.17, 15) is 9.18 Å². The Morgan fingerprint density at radius 2 is 1.86 bits per heavy atom. The fourth-order valence-electron chi connectivity index (χ4n) is 2.46. The molecule has 1 heterocycles. The van der Waals surface area contributed by atoms with Crippen LogP contribution in [0.2, 0.25) is 0 Å². The van der Waals surface area contributed by atoms with Gasteiger partial charge >= 0.3 is 0 Å². The minimum Gasteiger partial charge on any atom is -0.478 e. The molecule has 0 saturated carbocycles. The highest BCUT2D eigenvalue weighted by Gasteiger charge is 2.18. The molecular formula is C20H20FN3O3S. The van der Waals surface area contributed by atoms with E-state index in [-0.39, 0.29) is 34.6 Å². The second kappa shape index (κ2) is 9.36. The van der Waals surface area contributed by atoms with Gasteiger partial charge in [0.25, 0.3) is 11.1 Å². The van der Waals surface area contributed by atoms with E-state index in [4.69, 9.17) is 9.15 Å². The normalized spacial score (nSPS) is 13.0. The highest BCUT2D eigenvalue weighted by atomic mass is 32.2. The summed E-state index contributed by atoms with van der Waals surface area (Å²) in [6.45, 7) is 3.60. The molecule has 6 nitrogen and oxygen atoms in total. The molecule has 3 aromatic rings. The molecule has 3 rings (SSSR count). The van der Waals surface area contributed by atoms with Crippen molar-refractivity contribution in [2.24, 2.45) is 0 Å². The molecule has 0 bridgehead atoms. The second-order valence-corrected chi connectivity index (χ2v) is 7.01. The van der Waals surface area contributed by atoms with Gasteiger partial charge < -0.3 is 14.5 Å². The molecule has 1 aromatic heterocycles. The quantitative estimate of drug-likeness (QED) is 0.567. The summed E-state index contributed by atoms with van der Waals surface area (Å²) in [7, 11) is 0. The van der Waals surface area contributed by atoms with Crippen molar-refractivity contribution >= 4 is 17.7 Å². The summed E-state index contributed by atoms with van der Waals surface area (Å²) >= 11 is 1.13. The first-order valence-corrected chi connectivity index (χ1v) is 9.73. The number of thioether (sulfide) groups is 1. The predicted octanol–water partition coefficient (Wildman–Crippen LogP) is 4.32. The van der Waals surface area contributed by atoms with Crippen LogP contribution in [0.5, 0.6) is 5.75 Å². The number of amides is 1. The lowest BCUT2D eigenvalue weighted by molar-refractivity contribution is -0.119. The van der Waals surface area contributed by atoms with Crippen molar-refractivity contribution in [1.82, 2.24) is 15.5 Å². The Hall–Kier alpha value is -2.87. The van der Waals surface area contributed by atoms with Crippen LogP contribution in [0.25, 0.3) is 0 Å². The average molecular weight is 401 g/mol. The summed E-state index contributed by atoms with van der Waals surface area (Å²) in [6, 6.07) is 15.7. The highest BCUT2D eigenvalue weighted by molar-refractivity contribution is 7.99. The van der Waals surface area contributed by atoms with Gasteiger partial charge in [0.1, 0.15) is 0 Å². The molecule has 2 aromatic carbocycles. The standard InChI is InChI=1S/C20H20FN3O3S/c1-13(15-8-4-3-5-9-15)22-18(25)12-28-20-24-23-19(27-20)14(2)26-17-11-7-6-10-16(17)21/h3-11,13-14H,12H2,1-2H3,(H,22,25)/t13-,14+/m1/s1. The van der Waals surface area contributed by atoms with Crippen molar-refractivity contribution in [3.05, 3.63) is 71.9 Å². The SMILES string of the molecule is C[C@H](Oc1ccccc1F)c1nnc(SCC(=O)N[C@H](C)c2ccccc2)o1. The van der Waals surface area contributed by atoms with Gasteiger partial charge in [-0.2, -0.15) is 0 Å². The van der Waals surface area contributed by atoms with Crippen LogP contribution >= 0.6 is 11.8 Å². The van der Waals surface area contributed by atoms with Crippen molar-refractivity contribution < 1.29 is 18.3 Å². The van der Waals surface area contributed by atoms with Crippen molar-refractivity contribution in [1.29, 1.82) is 0 Å². The smallest absolute Gasteiger partial charge is 0.277 e. The van der Waals surface area contributed by atoms with Crippen molar-refractivity contribution in [2.75, 3.05) is 5.75 Å². The number of nitrogens with zero attached hydrogens (tertiary/aromatic N) is 2. The molecule has 0 fully saturated rings. The predicted molar refractivity (Wildman–Crippen MR) is 103 cm³/mol. The average Bonchev–Trinajstić information content (AvgIpc) is 3.18. The van der Waals surface area contributed by atoms with Crippen molar-refractivity contribution in [3.8, 4) is 5.75 Å². The van der Waals surface area contributed by atoms with Gasteiger partial charge in [0.15, 0.2) is 17.7 Å². The maximum Gasteiger partial charge on any atom is 0.277 e. The number of nitrogens with one attached hydrogen (secondary N) is 1. The maximum atomic E-state index is 13.7. The molecule has 1 amide bonds. The number of halogens is 1. The van der Waals surface area contributed by atoms with Gasteiger partial charge in [-0.05, 0) is 31.5 Å². The summed E-state index contributed by atoms with van der Waals surface area (Å²) < 4.78 is 24.7. The number of rotatable bonds is 8. The molecule has 0 saturated heterocycles. The molecular weight excluding hydrogens is 381 g/mol. The van der Waals surface area contributed by atoms with E-state index in [1.807, 2.05) is 37.3 Å². The van der Waals surface area contributed by atoms with E-state index in [1.165, 1.54) is 12.1 Å². The number of carbonyl (C=O) groups excluding carboxylic acids is 1. The first-order valence-electron chi connectivity index (χ1n) is 8.74. The molecule has 0 aliphatic carbocycles. The molecule has 0 unspecified atom stereocenters. The first kappa shape index (κ1) is 19.9. The Bertz CT molecular complexity index is 920. The minimum absolute atomic E-state index is 0.0956. The Labute approximate surface area is 166 Å². The number of hydrogen-bond donors (Lipinski definition) is 1.